The molecular weight excluding hydrogens is 703 g/mol. The summed E-state index contributed by atoms with van der Waals surface area (Å²) < 4.78 is 0. The number of nitrogens with zero attached hydrogens (tertiary/aromatic N) is 5. The summed E-state index contributed by atoms with van der Waals surface area (Å²) in [6.07, 6.45) is 0. The van der Waals surface area contributed by atoms with Crippen LogP contribution >= 0.6 is 11.8 Å². The second-order valence-electron chi connectivity index (χ2n) is 14.1. The zero-order valence-electron chi connectivity index (χ0n) is 30.2. The number of thioether (sulfide) groups is 1. The van der Waals surface area contributed by atoms with E-state index < -0.39 is 0 Å². The molecule has 2 aliphatic rings. The first-order chi connectivity index (χ1) is 27.8. The van der Waals surface area contributed by atoms with Crippen molar-refractivity contribution in [3.05, 3.63) is 199 Å². The van der Waals surface area contributed by atoms with Gasteiger partial charge in [0.25, 0.3) is 0 Å². The van der Waals surface area contributed by atoms with Crippen molar-refractivity contribution in [1.29, 1.82) is 0 Å². The SMILES string of the molecule is c1ccc(-c2nc(-c3ccccc3)nc(-c3ccc(-c4cccc5nc(-c6ccccc6)c6c(c45)SC4c5ccccc5N(c5ccccc5)C64)cc3)n2)cc1. The van der Waals surface area contributed by atoms with Crippen LogP contribution in [-0.2, 0) is 0 Å². The van der Waals surface area contributed by atoms with E-state index in [1.807, 2.05) is 72.4 Å². The van der Waals surface area contributed by atoms with Gasteiger partial charge in [-0.1, -0.05) is 164 Å². The Morgan fingerprint density at radius 1 is 0.429 bits per heavy atom. The van der Waals surface area contributed by atoms with E-state index >= 15 is 0 Å². The standard InChI is InChI=1S/C50H33N5S/c1-5-16-33(17-6-1)44-43-45-46(39-24-13-14-27-41(39)55(45)37-22-11-4-12-23-37)56-47(43)42-38(25-15-26-40(42)51-44)32-28-30-36(31-29-32)50-53-48(34-18-7-2-8-19-34)52-49(54-50)35-20-9-3-10-21-35/h1-31,45-46H. The molecular formula is C50H33N5S. The van der Waals surface area contributed by atoms with Gasteiger partial charge in [-0.15, -0.1) is 11.8 Å². The van der Waals surface area contributed by atoms with Crippen LogP contribution in [0.4, 0.5) is 11.4 Å². The maximum Gasteiger partial charge on any atom is 0.164 e. The Morgan fingerprint density at radius 2 is 0.946 bits per heavy atom. The van der Waals surface area contributed by atoms with Crippen molar-refractivity contribution in [3.8, 4) is 56.5 Å². The number of anilines is 2. The molecule has 2 unspecified atom stereocenters. The van der Waals surface area contributed by atoms with Gasteiger partial charge in [0.05, 0.1) is 22.5 Å². The highest BCUT2D eigenvalue weighted by atomic mass is 32.2. The van der Waals surface area contributed by atoms with Crippen LogP contribution in [-0.4, -0.2) is 19.9 Å². The molecule has 7 aromatic carbocycles. The largest absolute Gasteiger partial charge is 0.332 e. The lowest BCUT2D eigenvalue weighted by molar-refractivity contribution is 0.737. The lowest BCUT2D eigenvalue weighted by Gasteiger charge is -2.29. The summed E-state index contributed by atoms with van der Waals surface area (Å²) in [6.45, 7) is 0. The zero-order chi connectivity index (χ0) is 37.0. The fourth-order valence-electron chi connectivity index (χ4n) is 8.31. The van der Waals surface area contributed by atoms with Crippen LogP contribution in [0, 0.1) is 0 Å². The summed E-state index contributed by atoms with van der Waals surface area (Å²) >= 11 is 1.99. The Morgan fingerprint density at radius 3 is 1.57 bits per heavy atom. The van der Waals surface area contributed by atoms with Gasteiger partial charge in [-0.25, -0.2) is 19.9 Å². The number of rotatable bonds is 6. The van der Waals surface area contributed by atoms with E-state index in [4.69, 9.17) is 19.9 Å². The van der Waals surface area contributed by atoms with Crippen molar-refractivity contribution in [1.82, 2.24) is 19.9 Å². The molecule has 0 saturated carbocycles. The molecule has 6 heteroatoms. The van der Waals surface area contributed by atoms with Gasteiger partial charge in [0.2, 0.25) is 0 Å². The molecule has 0 bridgehead atoms. The van der Waals surface area contributed by atoms with Gasteiger partial charge < -0.3 is 4.90 Å². The number of para-hydroxylation sites is 2. The monoisotopic (exact) mass is 735 g/mol. The van der Waals surface area contributed by atoms with Gasteiger partial charge in [0.1, 0.15) is 0 Å². The van der Waals surface area contributed by atoms with Crippen molar-refractivity contribution < 1.29 is 0 Å². The molecule has 0 saturated heterocycles. The average molecular weight is 736 g/mol. The summed E-state index contributed by atoms with van der Waals surface area (Å²) in [5.41, 5.74) is 13.4. The van der Waals surface area contributed by atoms with E-state index in [1.165, 1.54) is 32.8 Å². The van der Waals surface area contributed by atoms with Crippen molar-refractivity contribution in [3.63, 3.8) is 0 Å². The van der Waals surface area contributed by atoms with E-state index in [-0.39, 0.29) is 11.3 Å². The van der Waals surface area contributed by atoms with Gasteiger partial charge in [-0.2, -0.15) is 0 Å². The van der Waals surface area contributed by atoms with Gasteiger partial charge in [0, 0.05) is 49.5 Å². The summed E-state index contributed by atoms with van der Waals surface area (Å²) in [5.74, 6) is 1.94. The third-order valence-electron chi connectivity index (χ3n) is 10.8. The number of benzene rings is 7. The van der Waals surface area contributed by atoms with E-state index in [0.29, 0.717) is 17.5 Å². The predicted octanol–water partition coefficient (Wildman–Crippen LogP) is 12.8. The molecule has 0 radical (unpaired) electrons. The molecule has 264 valence electrons. The van der Waals surface area contributed by atoms with Crippen molar-refractivity contribution in [2.24, 2.45) is 0 Å². The van der Waals surface area contributed by atoms with Gasteiger partial charge in [0.15, 0.2) is 17.5 Å². The normalized spacial score (nSPS) is 15.4. The van der Waals surface area contributed by atoms with Crippen LogP contribution in [0.2, 0.25) is 0 Å². The van der Waals surface area contributed by atoms with Crippen LogP contribution in [0.3, 0.4) is 0 Å². The number of hydrogen-bond donors (Lipinski definition) is 0. The minimum absolute atomic E-state index is 0.0822. The van der Waals surface area contributed by atoms with Crippen molar-refractivity contribution in [2.75, 3.05) is 4.90 Å². The third-order valence-corrected chi connectivity index (χ3v) is 12.3. The Bertz CT molecular complexity index is 2830. The molecule has 4 heterocycles. The Hall–Kier alpha value is -6.89. The van der Waals surface area contributed by atoms with Gasteiger partial charge >= 0.3 is 0 Å². The zero-order valence-corrected chi connectivity index (χ0v) is 31.0. The summed E-state index contributed by atoms with van der Waals surface area (Å²) in [5, 5.41) is 1.41. The second-order valence-corrected chi connectivity index (χ2v) is 15.3. The van der Waals surface area contributed by atoms with Crippen LogP contribution < -0.4 is 4.90 Å². The molecule has 2 aromatic heterocycles. The summed E-state index contributed by atoms with van der Waals surface area (Å²) in [6, 6.07) is 65.9. The maximum atomic E-state index is 5.53. The second kappa shape index (κ2) is 13.4. The molecule has 56 heavy (non-hydrogen) atoms. The Labute approximate surface area is 329 Å². The van der Waals surface area contributed by atoms with Crippen molar-refractivity contribution in [2.45, 2.75) is 16.2 Å². The maximum absolute atomic E-state index is 5.53. The van der Waals surface area contributed by atoms with Crippen LogP contribution in [0.5, 0.6) is 0 Å². The van der Waals surface area contributed by atoms with Crippen LogP contribution in [0.1, 0.15) is 22.4 Å². The number of hydrogen-bond acceptors (Lipinski definition) is 6. The fourth-order valence-corrected chi connectivity index (χ4v) is 9.95. The molecule has 9 aromatic rings. The quantitative estimate of drug-likeness (QED) is 0.169. The first-order valence-corrected chi connectivity index (χ1v) is 19.8. The Balaban J connectivity index is 1.07. The van der Waals surface area contributed by atoms with Crippen LogP contribution in [0.25, 0.3) is 67.5 Å². The predicted molar refractivity (Wildman–Crippen MR) is 229 cm³/mol. The number of fused-ring (bicyclic) bond motifs is 7. The lowest BCUT2D eigenvalue weighted by atomic mass is 9.92. The molecule has 0 fully saturated rings. The highest BCUT2D eigenvalue weighted by Gasteiger charge is 2.48. The van der Waals surface area contributed by atoms with Crippen molar-refractivity contribution >= 4 is 34.0 Å². The first-order valence-electron chi connectivity index (χ1n) is 18.9. The van der Waals surface area contributed by atoms with E-state index in [0.717, 1.165) is 44.6 Å². The number of pyridine rings is 1. The van der Waals surface area contributed by atoms with Crippen LogP contribution in [0.15, 0.2) is 193 Å². The highest BCUT2D eigenvalue weighted by molar-refractivity contribution is 8.00. The summed E-state index contributed by atoms with van der Waals surface area (Å²) in [7, 11) is 0. The summed E-state index contributed by atoms with van der Waals surface area (Å²) in [4.78, 5) is 24.2. The Kier molecular flexibility index (Phi) is 7.81. The van der Waals surface area contributed by atoms with Gasteiger partial charge in [-0.05, 0) is 41.0 Å². The molecule has 0 amide bonds. The third kappa shape index (κ3) is 5.41. The molecule has 0 N–H and O–H groups in total. The first kappa shape index (κ1) is 32.5. The topological polar surface area (TPSA) is 54.8 Å². The molecule has 2 aliphatic heterocycles. The molecule has 5 nitrogen and oxygen atoms in total. The molecule has 0 spiro atoms. The average Bonchev–Trinajstić information content (AvgIpc) is 3.82. The molecule has 11 rings (SSSR count). The molecule has 0 aliphatic carbocycles. The van der Waals surface area contributed by atoms with E-state index in [2.05, 4.69) is 132 Å². The minimum atomic E-state index is 0.0822. The van der Waals surface area contributed by atoms with E-state index in [9.17, 15) is 0 Å². The number of aromatic nitrogens is 4. The lowest BCUT2D eigenvalue weighted by Crippen LogP contribution is -2.20. The highest BCUT2D eigenvalue weighted by Crippen LogP contribution is 2.67. The smallest absolute Gasteiger partial charge is 0.164 e. The minimum Gasteiger partial charge on any atom is -0.332 e. The fraction of sp³-hybridized carbons (Fsp3) is 0.0400. The van der Waals surface area contributed by atoms with Gasteiger partial charge in [-0.3, -0.25) is 0 Å². The van der Waals surface area contributed by atoms with E-state index in [1.54, 1.807) is 0 Å². The molecule has 2 atom stereocenters.